The quantitative estimate of drug-likeness (QED) is 0.151. The first-order valence-electron chi connectivity index (χ1n) is 13.7. The van der Waals surface area contributed by atoms with Crippen molar-refractivity contribution in [2.45, 2.75) is 93.9 Å². The van der Waals surface area contributed by atoms with Crippen molar-refractivity contribution in [3.63, 3.8) is 0 Å². The van der Waals surface area contributed by atoms with E-state index in [1.807, 2.05) is 59.2 Å². The van der Waals surface area contributed by atoms with Crippen molar-refractivity contribution in [3.05, 3.63) is 18.1 Å². The molecule has 2 unspecified atom stereocenters. The minimum absolute atomic E-state index is 0.0160. The lowest BCUT2D eigenvalue weighted by Gasteiger charge is -2.28. The van der Waals surface area contributed by atoms with Gasteiger partial charge < -0.3 is 33.8 Å². The number of nitrogens with zero attached hydrogens (tertiary/aromatic N) is 3. The van der Waals surface area contributed by atoms with Crippen LogP contribution in [0.15, 0.2) is 12.5 Å². The number of carbonyl (C=O) groups is 2. The van der Waals surface area contributed by atoms with Crippen LogP contribution in [0.2, 0.25) is 0 Å². The van der Waals surface area contributed by atoms with E-state index in [1.165, 1.54) is 13.4 Å². The van der Waals surface area contributed by atoms with Gasteiger partial charge in [0.25, 0.3) is 0 Å². The zero-order valence-corrected chi connectivity index (χ0v) is 27.4. The minimum Gasteiger partial charge on any atom is -0.438 e. The number of hydrogen-bond acceptors (Lipinski definition) is 11. The van der Waals surface area contributed by atoms with Gasteiger partial charge in [0, 0.05) is 18.7 Å². The summed E-state index contributed by atoms with van der Waals surface area (Å²) in [5.41, 5.74) is 6.40. The fraction of sp³-hybridized carbons (Fsp3) is 0.714. The molecule has 3 rings (SSSR count). The molecule has 2 aromatic heterocycles. The Labute approximate surface area is 245 Å². The summed E-state index contributed by atoms with van der Waals surface area (Å²) >= 11 is 0. The molecule has 0 radical (unpaired) electrons. The molecule has 3 heterocycles. The first-order valence-corrected chi connectivity index (χ1v) is 14.8. The highest BCUT2D eigenvalue weighted by atomic mass is 31.2. The highest BCUT2D eigenvalue weighted by molar-refractivity contribution is 7.41. The van der Waals surface area contributed by atoms with Gasteiger partial charge in [0.1, 0.15) is 29.8 Å². The van der Waals surface area contributed by atoms with Crippen LogP contribution in [0.3, 0.4) is 0 Å². The second-order valence-electron chi connectivity index (χ2n) is 11.6. The average Bonchev–Trinajstić information content (AvgIpc) is 3.47. The Morgan fingerprint density at radius 2 is 1.78 bits per heavy atom. The molecule has 1 aliphatic heterocycles. The van der Waals surface area contributed by atoms with Gasteiger partial charge in [-0.1, -0.05) is 34.6 Å². The van der Waals surface area contributed by atoms with Gasteiger partial charge in [-0.25, -0.2) is 9.97 Å². The molecular weight excluding hydrogens is 551 g/mol. The molecule has 0 bridgehead atoms. The maximum Gasteiger partial charge on any atom is 0.337 e. The molecule has 1 aliphatic rings. The molecule has 1 fully saturated rings. The van der Waals surface area contributed by atoms with E-state index in [0.717, 1.165) is 35.7 Å². The minimum atomic E-state index is -1.79. The van der Waals surface area contributed by atoms with Crippen LogP contribution in [0, 0.1) is 17.8 Å². The molecule has 0 aromatic carbocycles. The van der Waals surface area contributed by atoms with Crippen LogP contribution in [0.1, 0.15) is 80.7 Å². The first kappa shape index (κ1) is 36.8. The van der Waals surface area contributed by atoms with E-state index in [4.69, 9.17) is 33.5 Å². The van der Waals surface area contributed by atoms with E-state index >= 15 is 0 Å². The maximum atomic E-state index is 11.9. The van der Waals surface area contributed by atoms with Gasteiger partial charge in [-0.3, -0.25) is 13.8 Å². The Hall–Kier alpha value is -2.21. The highest BCUT2D eigenvalue weighted by Gasteiger charge is 2.39. The lowest BCUT2D eigenvalue weighted by Crippen LogP contribution is -2.31. The van der Waals surface area contributed by atoms with Crippen LogP contribution >= 0.6 is 8.60 Å². The number of nitrogen functional groups attached to an aromatic ring is 1. The van der Waals surface area contributed by atoms with Crippen LogP contribution < -0.4 is 5.73 Å². The summed E-state index contributed by atoms with van der Waals surface area (Å²) in [5.74, 6) is 0.0701. The summed E-state index contributed by atoms with van der Waals surface area (Å²) in [7, 11) is -0.291. The molecular formula is C28H49N4O8P. The maximum absolute atomic E-state index is 11.9. The van der Waals surface area contributed by atoms with Crippen molar-refractivity contribution >= 4 is 37.7 Å². The van der Waals surface area contributed by atoms with Crippen molar-refractivity contribution in [1.29, 1.82) is 0 Å². The second kappa shape index (κ2) is 16.4. The van der Waals surface area contributed by atoms with Crippen molar-refractivity contribution < 1.29 is 37.4 Å². The molecule has 41 heavy (non-hydrogen) atoms. The van der Waals surface area contributed by atoms with Gasteiger partial charge in [0.15, 0.2) is 6.79 Å². The molecule has 13 heteroatoms. The lowest BCUT2D eigenvalue weighted by molar-refractivity contribution is -0.160. The SMILES string of the molecule is CC.CC(C)(C)C=O.COCOP(OCOC(=O)C(C)(C)C)OCC1CC[C@](C)(n2cc(C)c3c(N)ncnc32)O1. The fourth-order valence-electron chi connectivity index (χ4n) is 3.52. The summed E-state index contributed by atoms with van der Waals surface area (Å²) in [6, 6.07) is 0. The van der Waals surface area contributed by atoms with Crippen molar-refractivity contribution in [2.24, 2.45) is 10.8 Å². The molecule has 0 spiro atoms. The van der Waals surface area contributed by atoms with Crippen molar-refractivity contribution in [2.75, 3.05) is 33.0 Å². The van der Waals surface area contributed by atoms with Gasteiger partial charge in [0.2, 0.25) is 6.79 Å². The summed E-state index contributed by atoms with van der Waals surface area (Å²) in [4.78, 5) is 30.2. The number of ether oxygens (including phenoxy) is 3. The number of hydrogen-bond donors (Lipinski definition) is 1. The number of nitrogens with two attached hydrogens (primary N) is 1. The Bertz CT molecular complexity index is 1100. The zero-order chi connectivity index (χ0) is 31.4. The number of fused-ring (bicyclic) bond motifs is 1. The van der Waals surface area contributed by atoms with Crippen LogP contribution in [0.5, 0.6) is 0 Å². The number of esters is 1. The molecule has 2 aromatic rings. The predicted octanol–water partition coefficient (Wildman–Crippen LogP) is 5.86. The average molecular weight is 601 g/mol. The Morgan fingerprint density at radius 3 is 2.34 bits per heavy atom. The van der Waals surface area contributed by atoms with Crippen molar-refractivity contribution in [1.82, 2.24) is 14.5 Å². The third-order valence-corrected chi connectivity index (χ3v) is 6.61. The van der Waals surface area contributed by atoms with E-state index < -0.39 is 19.7 Å². The van der Waals surface area contributed by atoms with Gasteiger partial charge in [-0.15, -0.1) is 0 Å². The van der Waals surface area contributed by atoms with E-state index in [9.17, 15) is 9.59 Å². The molecule has 0 amide bonds. The molecule has 234 valence electrons. The standard InChI is InChI=1S/C21H33N4O7P.C5H10O.C2H6/c1-14-9-25(18-16(14)17(22)23-11-24-18)21(5)8-7-15(32-21)10-29-33(30-12-27-6)31-13-28-19(26)20(2,3)4;1-5(2,3)4-6;1-2/h9,11,15H,7-8,10,12-13H2,1-6H3,(H2,22,23,24);4H,1-3H3;1-2H3/t15?,21-,33?;;/m1../s1. The van der Waals surface area contributed by atoms with E-state index in [1.54, 1.807) is 20.8 Å². The lowest BCUT2D eigenvalue weighted by atomic mass is 9.98. The van der Waals surface area contributed by atoms with Crippen LogP contribution in [0.4, 0.5) is 5.82 Å². The fourth-order valence-corrected chi connectivity index (χ4v) is 4.36. The van der Waals surface area contributed by atoms with Crippen LogP contribution in [0.25, 0.3) is 11.0 Å². The molecule has 0 saturated carbocycles. The predicted molar refractivity (Wildman–Crippen MR) is 159 cm³/mol. The molecule has 1 saturated heterocycles. The Kier molecular flexibility index (Phi) is 14.8. The van der Waals surface area contributed by atoms with Crippen LogP contribution in [-0.4, -0.2) is 60.2 Å². The van der Waals surface area contributed by atoms with Gasteiger partial charge >= 0.3 is 14.6 Å². The molecule has 3 atom stereocenters. The Balaban J connectivity index is 0.000000931. The topological polar surface area (TPSA) is 146 Å². The number of carbonyl (C=O) groups excluding carboxylic acids is 2. The number of methoxy groups -OCH3 is 1. The number of rotatable bonds is 10. The van der Waals surface area contributed by atoms with Crippen molar-refractivity contribution in [3.8, 4) is 0 Å². The van der Waals surface area contributed by atoms with Crippen LogP contribution in [-0.2, 0) is 43.1 Å². The highest BCUT2D eigenvalue weighted by Crippen LogP contribution is 2.43. The number of aromatic nitrogens is 3. The summed E-state index contributed by atoms with van der Waals surface area (Å²) in [6.45, 7) is 18.9. The summed E-state index contributed by atoms with van der Waals surface area (Å²) in [6.07, 6.45) is 5.71. The third kappa shape index (κ3) is 11.5. The molecule has 2 N–H and O–H groups in total. The number of aldehydes is 1. The summed E-state index contributed by atoms with van der Waals surface area (Å²) < 4.78 is 35.2. The van der Waals surface area contributed by atoms with E-state index in [0.29, 0.717) is 5.82 Å². The van der Waals surface area contributed by atoms with Gasteiger partial charge in [-0.05, 0) is 53.0 Å². The Morgan fingerprint density at radius 1 is 1.17 bits per heavy atom. The molecule has 12 nitrogen and oxygen atoms in total. The van der Waals surface area contributed by atoms with Gasteiger partial charge in [-0.2, -0.15) is 0 Å². The summed E-state index contributed by atoms with van der Waals surface area (Å²) in [5, 5.41) is 0.830. The number of aryl methyl sites for hydroxylation is 1. The van der Waals surface area contributed by atoms with Gasteiger partial charge in [0.05, 0.1) is 23.5 Å². The normalized spacial score (nSPS) is 19.5. The van der Waals surface area contributed by atoms with E-state index in [-0.39, 0.29) is 37.7 Å². The first-order chi connectivity index (χ1) is 19.1. The van der Waals surface area contributed by atoms with E-state index in [2.05, 4.69) is 9.97 Å². The largest absolute Gasteiger partial charge is 0.438 e. The molecule has 0 aliphatic carbocycles. The monoisotopic (exact) mass is 600 g/mol. The zero-order valence-electron chi connectivity index (χ0n) is 26.5. The third-order valence-electron chi connectivity index (χ3n) is 5.62. The smallest absolute Gasteiger partial charge is 0.337 e. The second-order valence-corrected chi connectivity index (χ2v) is 12.8. The number of anilines is 1.